The summed E-state index contributed by atoms with van der Waals surface area (Å²) >= 11 is 4.89. The van der Waals surface area contributed by atoms with E-state index in [9.17, 15) is 8.42 Å². The average Bonchev–Trinajstić information content (AvgIpc) is 2.85. The zero-order chi connectivity index (χ0) is 15.6. The van der Waals surface area contributed by atoms with E-state index in [4.69, 9.17) is 5.73 Å². The van der Waals surface area contributed by atoms with E-state index in [0.717, 1.165) is 5.56 Å². The molecule has 21 heavy (non-hydrogen) atoms. The Morgan fingerprint density at radius 1 is 1.43 bits per heavy atom. The molecular formula is C14H17BrN2O2S2. The molecule has 2 aromatic rings. The average molecular weight is 389 g/mol. The highest BCUT2D eigenvalue weighted by Gasteiger charge is 2.21. The molecule has 0 radical (unpaired) electrons. The normalized spacial score (nSPS) is 13.3. The van der Waals surface area contributed by atoms with Crippen LogP contribution in [0.5, 0.6) is 0 Å². The molecule has 1 aromatic carbocycles. The Kier molecular flexibility index (Phi) is 5.08. The van der Waals surface area contributed by atoms with Crippen LogP contribution in [-0.2, 0) is 16.4 Å². The Balaban J connectivity index is 2.22. The number of nitrogens with two attached hydrogens (primary N) is 1. The van der Waals surface area contributed by atoms with Gasteiger partial charge < -0.3 is 5.73 Å². The molecule has 0 saturated heterocycles. The van der Waals surface area contributed by atoms with E-state index in [1.165, 1.54) is 0 Å². The summed E-state index contributed by atoms with van der Waals surface area (Å²) < 4.78 is 28.4. The zero-order valence-electron chi connectivity index (χ0n) is 11.8. The maximum Gasteiger partial charge on any atom is 0.241 e. The third-order valence-electron chi connectivity index (χ3n) is 3.13. The van der Waals surface area contributed by atoms with Gasteiger partial charge in [-0.2, -0.15) is 11.3 Å². The van der Waals surface area contributed by atoms with Crippen LogP contribution in [0, 0.1) is 6.92 Å². The highest BCUT2D eigenvalue weighted by atomic mass is 79.9. The monoisotopic (exact) mass is 388 g/mol. The molecule has 7 heteroatoms. The molecule has 0 fully saturated rings. The zero-order valence-corrected chi connectivity index (χ0v) is 15.0. The van der Waals surface area contributed by atoms with Gasteiger partial charge in [-0.3, -0.25) is 0 Å². The number of sulfonamides is 1. The summed E-state index contributed by atoms with van der Waals surface area (Å²) in [7, 11) is -3.59. The van der Waals surface area contributed by atoms with Crippen LogP contribution in [0.1, 0.15) is 18.1 Å². The van der Waals surface area contributed by atoms with Gasteiger partial charge in [0.15, 0.2) is 0 Å². The van der Waals surface area contributed by atoms with Crippen molar-refractivity contribution >= 4 is 43.0 Å². The van der Waals surface area contributed by atoms with Crippen molar-refractivity contribution in [2.24, 2.45) is 0 Å². The van der Waals surface area contributed by atoms with Crippen molar-refractivity contribution in [1.29, 1.82) is 0 Å². The largest absolute Gasteiger partial charge is 0.398 e. The topological polar surface area (TPSA) is 72.2 Å². The van der Waals surface area contributed by atoms with Gasteiger partial charge in [0, 0.05) is 16.2 Å². The van der Waals surface area contributed by atoms with Crippen molar-refractivity contribution < 1.29 is 8.42 Å². The minimum atomic E-state index is -3.59. The summed E-state index contributed by atoms with van der Waals surface area (Å²) in [5, 5.41) is 4.00. The van der Waals surface area contributed by atoms with Gasteiger partial charge in [-0.25, -0.2) is 13.1 Å². The molecule has 0 spiro atoms. The summed E-state index contributed by atoms with van der Waals surface area (Å²) in [4.78, 5) is 0.214. The van der Waals surface area contributed by atoms with E-state index in [1.807, 2.05) is 23.8 Å². The number of thiophene rings is 1. The molecule has 1 unspecified atom stereocenters. The van der Waals surface area contributed by atoms with Crippen LogP contribution >= 0.6 is 27.3 Å². The van der Waals surface area contributed by atoms with E-state index in [2.05, 4.69) is 20.7 Å². The van der Waals surface area contributed by atoms with Crippen molar-refractivity contribution in [2.45, 2.75) is 31.2 Å². The molecule has 0 amide bonds. The maximum absolute atomic E-state index is 12.5. The number of anilines is 1. The van der Waals surface area contributed by atoms with E-state index >= 15 is 0 Å². The summed E-state index contributed by atoms with van der Waals surface area (Å²) in [6.07, 6.45) is 0.658. The molecule has 0 saturated carbocycles. The van der Waals surface area contributed by atoms with E-state index in [-0.39, 0.29) is 10.9 Å². The lowest BCUT2D eigenvalue weighted by molar-refractivity contribution is 0.559. The summed E-state index contributed by atoms with van der Waals surface area (Å²) in [5.74, 6) is 0. The number of nitrogen functional groups attached to an aromatic ring is 1. The third-order valence-corrected chi connectivity index (χ3v) is 6.04. The molecule has 1 heterocycles. The second kappa shape index (κ2) is 6.48. The van der Waals surface area contributed by atoms with Gasteiger partial charge in [-0.15, -0.1) is 0 Å². The van der Waals surface area contributed by atoms with E-state index in [1.54, 1.807) is 30.4 Å². The first-order valence-electron chi connectivity index (χ1n) is 6.38. The smallest absolute Gasteiger partial charge is 0.241 e. The van der Waals surface area contributed by atoms with Crippen molar-refractivity contribution in [3.05, 3.63) is 44.6 Å². The first-order chi connectivity index (χ1) is 9.79. The number of nitrogens with one attached hydrogen (secondary N) is 1. The molecule has 4 nitrogen and oxygen atoms in total. The Morgan fingerprint density at radius 3 is 2.76 bits per heavy atom. The Hall–Kier alpha value is -0.890. The van der Waals surface area contributed by atoms with Gasteiger partial charge in [0.2, 0.25) is 10.0 Å². The number of benzene rings is 1. The molecule has 0 aliphatic heterocycles. The molecular weight excluding hydrogens is 372 g/mol. The fraction of sp³-hybridized carbons (Fsp3) is 0.286. The summed E-state index contributed by atoms with van der Waals surface area (Å²) in [5.41, 5.74) is 7.98. The van der Waals surface area contributed by atoms with Gasteiger partial charge in [-0.1, -0.05) is 15.9 Å². The van der Waals surface area contributed by atoms with Crippen molar-refractivity contribution in [2.75, 3.05) is 5.73 Å². The van der Waals surface area contributed by atoms with Crippen molar-refractivity contribution in [3.8, 4) is 0 Å². The van der Waals surface area contributed by atoms with Crippen LogP contribution in [-0.4, -0.2) is 14.5 Å². The highest BCUT2D eigenvalue weighted by molar-refractivity contribution is 9.10. The van der Waals surface area contributed by atoms with Crippen molar-refractivity contribution in [1.82, 2.24) is 4.72 Å². The minimum absolute atomic E-state index is 0.191. The number of halogens is 1. The standard InChI is InChI=1S/C14H17BrN2O2S2/c1-9(5-11-3-4-20-8-11)17-21(18,19)14-7-12(15)6-13(16)10(14)2/h3-4,6-9,17H,5,16H2,1-2H3. The Labute approximate surface area is 137 Å². The SMILES string of the molecule is Cc1c(N)cc(Br)cc1S(=O)(=O)NC(C)Cc1ccsc1. The molecule has 2 rings (SSSR count). The molecule has 1 atom stereocenters. The van der Waals surface area contributed by atoms with Gasteiger partial charge in [0.25, 0.3) is 0 Å². The molecule has 3 N–H and O–H groups in total. The van der Waals surface area contributed by atoms with Gasteiger partial charge in [0.05, 0.1) is 4.90 Å². The first-order valence-corrected chi connectivity index (χ1v) is 9.60. The van der Waals surface area contributed by atoms with E-state index in [0.29, 0.717) is 22.1 Å². The Morgan fingerprint density at radius 2 is 2.14 bits per heavy atom. The van der Waals surface area contributed by atoms with Crippen LogP contribution in [0.4, 0.5) is 5.69 Å². The molecule has 114 valence electrons. The fourth-order valence-corrected chi connectivity index (χ4v) is 4.94. The summed E-state index contributed by atoms with van der Waals surface area (Å²) in [6.45, 7) is 3.56. The predicted molar refractivity (Wildman–Crippen MR) is 91.1 cm³/mol. The minimum Gasteiger partial charge on any atom is -0.398 e. The number of hydrogen-bond acceptors (Lipinski definition) is 4. The predicted octanol–water partition coefficient (Wildman–Crippen LogP) is 3.31. The fourth-order valence-electron chi connectivity index (χ4n) is 2.09. The van der Waals surface area contributed by atoms with Crippen LogP contribution in [0.25, 0.3) is 0 Å². The number of rotatable bonds is 5. The summed E-state index contributed by atoms with van der Waals surface area (Å²) in [6, 6.07) is 5.08. The van der Waals surface area contributed by atoms with Gasteiger partial charge in [-0.05, 0) is 60.4 Å². The lowest BCUT2D eigenvalue weighted by Crippen LogP contribution is -2.34. The van der Waals surface area contributed by atoms with Crippen LogP contribution < -0.4 is 10.5 Å². The first kappa shape index (κ1) is 16.5. The molecule has 1 aromatic heterocycles. The molecule has 0 aliphatic rings. The van der Waals surface area contributed by atoms with Gasteiger partial charge in [0.1, 0.15) is 0 Å². The van der Waals surface area contributed by atoms with Crippen LogP contribution in [0.15, 0.2) is 38.3 Å². The second-order valence-electron chi connectivity index (χ2n) is 4.98. The third kappa shape index (κ3) is 4.06. The maximum atomic E-state index is 12.5. The molecule has 0 bridgehead atoms. The molecule has 0 aliphatic carbocycles. The highest BCUT2D eigenvalue weighted by Crippen LogP contribution is 2.26. The van der Waals surface area contributed by atoms with Crippen LogP contribution in [0.2, 0.25) is 0 Å². The second-order valence-corrected chi connectivity index (χ2v) is 8.35. The van der Waals surface area contributed by atoms with Crippen LogP contribution in [0.3, 0.4) is 0 Å². The Bertz CT molecular complexity index is 728. The lowest BCUT2D eigenvalue weighted by Gasteiger charge is -2.16. The number of hydrogen-bond donors (Lipinski definition) is 2. The van der Waals surface area contributed by atoms with Gasteiger partial charge >= 0.3 is 0 Å². The van der Waals surface area contributed by atoms with E-state index < -0.39 is 10.0 Å². The lowest BCUT2D eigenvalue weighted by atomic mass is 10.1. The quantitative estimate of drug-likeness (QED) is 0.771. The van der Waals surface area contributed by atoms with Crippen molar-refractivity contribution in [3.63, 3.8) is 0 Å².